The smallest absolute Gasteiger partial charge is 0.387 e. The van der Waals surface area contributed by atoms with E-state index in [2.05, 4.69) is 225 Å². The molecule has 49 heavy (non-hydrogen) atoms. The van der Waals surface area contributed by atoms with Crippen LogP contribution in [0.1, 0.15) is 0 Å². The molecule has 0 saturated carbocycles. The average molecular weight is 683 g/mol. The summed E-state index contributed by atoms with van der Waals surface area (Å²) in [4.78, 5) is 0. The van der Waals surface area contributed by atoms with Crippen molar-refractivity contribution in [2.24, 2.45) is 0 Å². The Morgan fingerprint density at radius 2 is 0.551 bits per heavy atom. The van der Waals surface area contributed by atoms with Crippen molar-refractivity contribution in [3.05, 3.63) is 225 Å². The summed E-state index contributed by atoms with van der Waals surface area (Å²) in [5.41, 5.74) is 2.09. The summed E-state index contributed by atoms with van der Waals surface area (Å²) < 4.78 is 16.6. The van der Waals surface area contributed by atoms with Crippen LogP contribution in [0.3, 0.4) is 0 Å². The molecule has 0 aliphatic heterocycles. The fourth-order valence-corrected chi connectivity index (χ4v) is 22.2. The maximum absolute atomic E-state index is 8.40. The van der Waals surface area contributed by atoms with Gasteiger partial charge in [-0.3, -0.25) is 0 Å². The van der Waals surface area contributed by atoms with Gasteiger partial charge in [0.25, 0.3) is 16.6 Å². The predicted octanol–water partition coefficient (Wildman–Crippen LogP) is 5.43. The zero-order valence-corrected chi connectivity index (χ0v) is 30.3. The minimum absolute atomic E-state index is 1.05. The summed E-state index contributed by atoms with van der Waals surface area (Å²) in [6, 6.07) is 74.9. The molecular formula is C44H38O2Si3. The van der Waals surface area contributed by atoms with Crippen LogP contribution < -0.4 is 36.3 Å². The maximum atomic E-state index is 8.40. The molecule has 0 amide bonds. The van der Waals surface area contributed by atoms with E-state index >= 15 is 0 Å². The number of benzene rings is 7. The van der Waals surface area contributed by atoms with Crippen LogP contribution in [0.5, 0.6) is 0 Å². The van der Waals surface area contributed by atoms with Crippen LogP contribution in [0, 0.1) is 0 Å². The van der Waals surface area contributed by atoms with E-state index in [0.29, 0.717) is 0 Å². The first kappa shape index (κ1) is 32.4. The molecule has 0 fully saturated rings. The molecule has 0 aromatic heterocycles. The van der Waals surface area contributed by atoms with Crippen molar-refractivity contribution in [3.8, 4) is 0 Å². The van der Waals surface area contributed by atoms with Crippen LogP contribution in [0.25, 0.3) is 0 Å². The molecular weight excluding hydrogens is 645 g/mol. The molecule has 0 spiro atoms. The molecule has 0 radical (unpaired) electrons. The first-order chi connectivity index (χ1) is 24.2. The molecule has 7 rings (SSSR count). The third-order valence-electron chi connectivity index (χ3n) is 9.14. The molecule has 2 nitrogen and oxygen atoms in total. The lowest BCUT2D eigenvalue weighted by Gasteiger charge is -2.46. The van der Waals surface area contributed by atoms with Gasteiger partial charge in [0.15, 0.2) is 0 Å². The van der Waals surface area contributed by atoms with Crippen LogP contribution in [-0.2, 0) is 8.23 Å². The molecule has 0 unspecified atom stereocenters. The van der Waals surface area contributed by atoms with Crippen LogP contribution in [0.2, 0.25) is 0 Å². The van der Waals surface area contributed by atoms with Gasteiger partial charge in [0.1, 0.15) is 0 Å². The van der Waals surface area contributed by atoms with Gasteiger partial charge in [-0.1, -0.05) is 218 Å². The van der Waals surface area contributed by atoms with E-state index in [-0.39, 0.29) is 0 Å². The highest BCUT2D eigenvalue weighted by atomic mass is 28.5. The summed E-state index contributed by atoms with van der Waals surface area (Å²) in [6.07, 6.45) is 0. The van der Waals surface area contributed by atoms with Gasteiger partial charge in [0.2, 0.25) is 0 Å². The van der Waals surface area contributed by atoms with E-state index in [1.54, 1.807) is 0 Å². The normalized spacial score (nSPS) is 11.9. The van der Waals surface area contributed by atoms with E-state index in [0.717, 1.165) is 36.3 Å². The zero-order valence-electron chi connectivity index (χ0n) is 27.3. The van der Waals surface area contributed by atoms with Gasteiger partial charge >= 0.3 is 8.56 Å². The highest BCUT2D eigenvalue weighted by molar-refractivity contribution is 7.16. The summed E-state index contributed by atoms with van der Waals surface area (Å²) >= 11 is 0. The van der Waals surface area contributed by atoms with Crippen molar-refractivity contribution in [1.29, 1.82) is 0 Å². The molecule has 5 heteroatoms. The second kappa shape index (κ2) is 14.5. The van der Waals surface area contributed by atoms with Gasteiger partial charge < -0.3 is 8.23 Å². The lowest BCUT2D eigenvalue weighted by molar-refractivity contribution is 0.429. The van der Waals surface area contributed by atoms with Crippen molar-refractivity contribution in [3.63, 3.8) is 0 Å². The fraction of sp³-hybridized carbons (Fsp3) is 0. The van der Waals surface area contributed by atoms with Gasteiger partial charge in [0, 0.05) is 0 Å². The molecule has 0 aliphatic rings. The molecule has 238 valence electrons. The quantitative estimate of drug-likeness (QED) is 0.127. The Morgan fingerprint density at radius 3 is 0.816 bits per heavy atom. The zero-order chi connectivity index (χ0) is 33.4. The summed E-state index contributed by atoms with van der Waals surface area (Å²) in [5.74, 6) is 0. The van der Waals surface area contributed by atoms with Crippen LogP contribution in [-0.4, -0.2) is 25.2 Å². The van der Waals surface area contributed by atoms with Gasteiger partial charge in [-0.05, 0) is 36.3 Å². The van der Waals surface area contributed by atoms with Crippen LogP contribution >= 0.6 is 0 Å². The van der Waals surface area contributed by atoms with Gasteiger partial charge in [-0.15, -0.1) is 6.58 Å². The van der Waals surface area contributed by atoms with Crippen molar-refractivity contribution in [1.82, 2.24) is 0 Å². The third-order valence-corrected chi connectivity index (χ3v) is 22.5. The van der Waals surface area contributed by atoms with Crippen molar-refractivity contribution >= 4 is 61.5 Å². The monoisotopic (exact) mass is 682 g/mol. The summed E-state index contributed by atoms with van der Waals surface area (Å²) in [6.45, 7) is 4.54. The Bertz CT molecular complexity index is 1890. The van der Waals surface area contributed by atoms with Gasteiger partial charge in [0.05, 0.1) is 0 Å². The average Bonchev–Trinajstić information content (AvgIpc) is 3.21. The minimum Gasteiger partial charge on any atom is -0.419 e. The Morgan fingerprint density at radius 1 is 0.306 bits per heavy atom. The van der Waals surface area contributed by atoms with Gasteiger partial charge in [-0.2, -0.15) is 0 Å². The lowest BCUT2D eigenvalue weighted by Crippen LogP contribution is -2.81. The molecule has 7 aromatic rings. The van der Waals surface area contributed by atoms with Crippen molar-refractivity contribution < 1.29 is 8.23 Å². The number of hydrogen-bond donors (Lipinski definition) is 0. The number of rotatable bonds is 12. The molecule has 0 N–H and O–H groups in total. The predicted molar refractivity (Wildman–Crippen MR) is 212 cm³/mol. The minimum atomic E-state index is -3.70. The standard InChI is InChI=1S/C44H38O2Si3/c1-2-47(38-24-10-3-11-25-38,39-26-12-4-13-27-39)45-49(43-34-20-8-21-35-43,44-36-22-9-23-37-44)46-48(40-28-14-5-15-29-40,41-30-16-6-17-31-41)42-32-18-7-19-33-42/h2-37H,1H2. The maximum Gasteiger partial charge on any atom is 0.387 e. The summed E-state index contributed by atoms with van der Waals surface area (Å²) in [7, 11) is -10.2. The SMILES string of the molecule is C=C[Si](O[Si](O[Si](c1ccccc1)(c1ccccc1)c1ccccc1)(c1ccccc1)c1ccccc1)(c1ccccc1)c1ccccc1. The van der Waals surface area contributed by atoms with E-state index in [9.17, 15) is 0 Å². The van der Waals surface area contributed by atoms with E-state index in [4.69, 9.17) is 8.23 Å². The molecule has 0 aliphatic carbocycles. The second-order valence-electron chi connectivity index (χ2n) is 12.0. The molecule has 0 atom stereocenters. The molecule has 0 heterocycles. The van der Waals surface area contributed by atoms with E-state index in [1.165, 1.54) is 0 Å². The first-order valence-corrected chi connectivity index (χ1v) is 22.3. The van der Waals surface area contributed by atoms with Crippen molar-refractivity contribution in [2.45, 2.75) is 0 Å². The van der Waals surface area contributed by atoms with E-state index in [1.807, 2.05) is 0 Å². The number of hydrogen-bond acceptors (Lipinski definition) is 2. The molecule has 0 bridgehead atoms. The third kappa shape index (κ3) is 6.15. The summed E-state index contributed by atoms with van der Waals surface area (Å²) in [5, 5.41) is 7.81. The van der Waals surface area contributed by atoms with Crippen LogP contribution in [0.4, 0.5) is 0 Å². The Labute approximate surface area is 293 Å². The largest absolute Gasteiger partial charge is 0.419 e. The van der Waals surface area contributed by atoms with Crippen LogP contribution in [0.15, 0.2) is 225 Å². The Balaban J connectivity index is 1.62. The van der Waals surface area contributed by atoms with Crippen molar-refractivity contribution in [2.75, 3.05) is 0 Å². The Kier molecular flexibility index (Phi) is 9.61. The second-order valence-corrected chi connectivity index (χ2v) is 22.2. The fourth-order valence-electron chi connectivity index (χ4n) is 6.81. The van der Waals surface area contributed by atoms with Gasteiger partial charge in [-0.25, -0.2) is 0 Å². The van der Waals surface area contributed by atoms with E-state index < -0.39 is 25.2 Å². The Hall–Kier alpha value is -5.15. The highest BCUT2D eigenvalue weighted by Crippen LogP contribution is 2.24. The topological polar surface area (TPSA) is 18.5 Å². The highest BCUT2D eigenvalue weighted by Gasteiger charge is 2.57. The molecule has 0 saturated heterocycles. The lowest BCUT2D eigenvalue weighted by atomic mass is 10.3. The molecule has 7 aromatic carbocycles. The first-order valence-electron chi connectivity index (χ1n) is 16.6.